The first-order chi connectivity index (χ1) is 15.6. The molecule has 1 amide bonds. The molecule has 1 N–H and O–H groups in total. The van der Waals surface area contributed by atoms with Gasteiger partial charge in [-0.05, 0) is 26.2 Å². The highest BCUT2D eigenvalue weighted by Gasteiger charge is 2.41. The molecule has 0 aromatic rings. The largest absolute Gasteiger partial charge is 0.307 e. The number of amides is 1. The molecule has 0 fully saturated rings. The van der Waals surface area contributed by atoms with Gasteiger partial charge in [-0.3, -0.25) is 9.28 Å². The van der Waals surface area contributed by atoms with Crippen LogP contribution in [0.2, 0.25) is 0 Å². The van der Waals surface area contributed by atoms with E-state index in [0.717, 1.165) is 30.5 Å². The van der Waals surface area contributed by atoms with E-state index in [1.807, 2.05) is 6.08 Å². The van der Waals surface area contributed by atoms with Crippen molar-refractivity contribution in [3.63, 3.8) is 0 Å². The van der Waals surface area contributed by atoms with Gasteiger partial charge in [0.2, 0.25) is 5.91 Å². The van der Waals surface area contributed by atoms with Crippen LogP contribution in [0.3, 0.4) is 0 Å². The second kappa shape index (κ2) is 18.3. The maximum Gasteiger partial charge on any atom is 0.221 e. The van der Waals surface area contributed by atoms with Gasteiger partial charge in [0.15, 0.2) is 12.0 Å². The summed E-state index contributed by atoms with van der Waals surface area (Å²) in [6.07, 6.45) is 25.2. The van der Waals surface area contributed by atoms with Crippen molar-refractivity contribution >= 4 is 11.7 Å². The van der Waals surface area contributed by atoms with Crippen LogP contribution in [0.15, 0.2) is 17.6 Å². The molecule has 0 saturated carbocycles. The highest BCUT2D eigenvalue weighted by atomic mass is 16.1. The Morgan fingerprint density at radius 1 is 0.938 bits per heavy atom. The van der Waals surface area contributed by atoms with Gasteiger partial charge in [-0.25, -0.2) is 4.99 Å². The molecule has 186 valence electrons. The minimum absolute atomic E-state index is 0.0598. The van der Waals surface area contributed by atoms with Crippen molar-refractivity contribution in [3.05, 3.63) is 12.7 Å². The Kier molecular flexibility index (Phi) is 16.5. The van der Waals surface area contributed by atoms with E-state index in [-0.39, 0.29) is 12.1 Å². The quantitative estimate of drug-likeness (QED) is 0.110. The number of unbranched alkanes of at least 4 members (excludes halogenated alkanes) is 15. The first-order valence-electron chi connectivity index (χ1n) is 13.9. The van der Waals surface area contributed by atoms with Crippen molar-refractivity contribution in [2.75, 3.05) is 19.6 Å². The molecule has 0 aromatic carbocycles. The number of nitrogens with one attached hydrogen (secondary N) is 1. The molecule has 1 rings (SSSR count). The summed E-state index contributed by atoms with van der Waals surface area (Å²) in [6, 6.07) is 0. The number of allylic oxidation sites excluding steroid dienone is 1. The van der Waals surface area contributed by atoms with Crippen LogP contribution in [-0.2, 0) is 4.79 Å². The average Bonchev–Trinajstić information content (AvgIpc) is 3.19. The SMILES string of the molecule is C=CCCCCCCCCCCCCCCCCCC1=NCC[N+]1(CC)C(C)NC(C)=O. The Bertz CT molecular complexity index is 531. The van der Waals surface area contributed by atoms with E-state index in [2.05, 4.69) is 25.7 Å². The standard InChI is InChI=1S/C28H53N3O/c1-5-7-8-9-10-11-12-13-14-15-16-17-18-19-20-21-22-23-28-29-24-25-31(28,6-2)26(3)30-27(4)32/h5,26H,1,6-25H2,2-4H3/p+1. The maximum absolute atomic E-state index is 11.5. The zero-order valence-electron chi connectivity index (χ0n) is 21.8. The highest BCUT2D eigenvalue weighted by molar-refractivity contribution is 5.78. The van der Waals surface area contributed by atoms with Gasteiger partial charge in [-0.1, -0.05) is 89.5 Å². The van der Waals surface area contributed by atoms with Crippen LogP contribution in [0.25, 0.3) is 0 Å². The molecule has 1 aliphatic heterocycles. The number of rotatable bonds is 21. The van der Waals surface area contributed by atoms with Gasteiger partial charge in [0.25, 0.3) is 0 Å². The van der Waals surface area contributed by atoms with Crippen molar-refractivity contribution in [1.82, 2.24) is 5.32 Å². The third-order valence-corrected chi connectivity index (χ3v) is 7.33. The lowest BCUT2D eigenvalue weighted by atomic mass is 10.0. The molecule has 0 bridgehead atoms. The predicted molar refractivity (Wildman–Crippen MR) is 140 cm³/mol. The molecule has 1 aliphatic rings. The topological polar surface area (TPSA) is 41.5 Å². The summed E-state index contributed by atoms with van der Waals surface area (Å²) in [5, 5.41) is 3.11. The molecule has 2 unspecified atom stereocenters. The summed E-state index contributed by atoms with van der Waals surface area (Å²) >= 11 is 0. The molecule has 0 spiro atoms. The minimum atomic E-state index is 0.0598. The number of carbonyl (C=O) groups excluding carboxylic acids is 1. The zero-order valence-corrected chi connectivity index (χ0v) is 21.8. The lowest BCUT2D eigenvalue weighted by molar-refractivity contribution is -0.861. The molecule has 1 heterocycles. The van der Waals surface area contributed by atoms with Gasteiger partial charge in [0.05, 0.1) is 13.1 Å². The second-order valence-corrected chi connectivity index (χ2v) is 9.88. The number of aliphatic imine (C=N–C) groups is 1. The molecule has 0 saturated heterocycles. The molecular formula is C28H54N3O+. The molecule has 4 nitrogen and oxygen atoms in total. The van der Waals surface area contributed by atoms with Crippen LogP contribution in [0, 0.1) is 0 Å². The summed E-state index contributed by atoms with van der Waals surface area (Å²) in [5.41, 5.74) is 0. The van der Waals surface area contributed by atoms with E-state index in [9.17, 15) is 4.79 Å². The number of nitrogens with zero attached hydrogens (tertiary/aromatic N) is 2. The fraction of sp³-hybridized carbons (Fsp3) is 0.857. The summed E-state index contributed by atoms with van der Waals surface area (Å²) in [5.74, 6) is 1.37. The van der Waals surface area contributed by atoms with E-state index in [4.69, 9.17) is 4.99 Å². The highest BCUT2D eigenvalue weighted by Crippen LogP contribution is 2.23. The Hall–Kier alpha value is -1.16. The Balaban J connectivity index is 1.97. The number of hydrogen-bond donors (Lipinski definition) is 1. The summed E-state index contributed by atoms with van der Waals surface area (Å²) < 4.78 is 0.856. The van der Waals surface area contributed by atoms with E-state index < -0.39 is 0 Å². The van der Waals surface area contributed by atoms with E-state index in [1.165, 1.54) is 109 Å². The third-order valence-electron chi connectivity index (χ3n) is 7.33. The Morgan fingerprint density at radius 2 is 1.41 bits per heavy atom. The average molecular weight is 449 g/mol. The van der Waals surface area contributed by atoms with Crippen LogP contribution in [0.5, 0.6) is 0 Å². The van der Waals surface area contributed by atoms with Crippen LogP contribution in [0.4, 0.5) is 0 Å². The van der Waals surface area contributed by atoms with Crippen molar-refractivity contribution in [2.24, 2.45) is 4.99 Å². The van der Waals surface area contributed by atoms with Gasteiger partial charge in [-0.2, -0.15) is 0 Å². The Labute approximate surface area is 199 Å². The van der Waals surface area contributed by atoms with Gasteiger partial charge in [0.1, 0.15) is 6.54 Å². The van der Waals surface area contributed by atoms with E-state index in [1.54, 1.807) is 6.92 Å². The zero-order chi connectivity index (χ0) is 23.5. The smallest absolute Gasteiger partial charge is 0.221 e. The Morgan fingerprint density at radius 3 is 1.84 bits per heavy atom. The van der Waals surface area contributed by atoms with Crippen LogP contribution >= 0.6 is 0 Å². The molecule has 2 atom stereocenters. The van der Waals surface area contributed by atoms with Crippen molar-refractivity contribution in [3.8, 4) is 0 Å². The number of likely N-dealkylation sites (N-methyl/N-ethyl adjacent to an activating group) is 1. The number of amidine groups is 1. The molecular weight excluding hydrogens is 394 g/mol. The monoisotopic (exact) mass is 448 g/mol. The predicted octanol–water partition coefficient (Wildman–Crippen LogP) is 7.54. The van der Waals surface area contributed by atoms with Crippen LogP contribution < -0.4 is 5.32 Å². The van der Waals surface area contributed by atoms with Crippen LogP contribution in [-0.4, -0.2) is 42.0 Å². The molecule has 0 radical (unpaired) electrons. The molecule has 0 aromatic heterocycles. The molecule has 0 aliphatic carbocycles. The summed E-state index contributed by atoms with van der Waals surface area (Å²) in [6.45, 7) is 12.7. The van der Waals surface area contributed by atoms with Crippen molar-refractivity contribution in [1.29, 1.82) is 0 Å². The summed E-state index contributed by atoms with van der Waals surface area (Å²) in [4.78, 5) is 16.4. The number of carbonyl (C=O) groups is 1. The van der Waals surface area contributed by atoms with Crippen molar-refractivity contribution < 1.29 is 9.28 Å². The number of quaternary nitrogens is 1. The molecule has 4 heteroatoms. The van der Waals surface area contributed by atoms with Crippen LogP contribution in [0.1, 0.15) is 130 Å². The van der Waals surface area contributed by atoms with E-state index in [0.29, 0.717) is 0 Å². The van der Waals surface area contributed by atoms with Gasteiger partial charge < -0.3 is 5.32 Å². The van der Waals surface area contributed by atoms with Crippen molar-refractivity contribution in [2.45, 2.75) is 136 Å². The molecule has 32 heavy (non-hydrogen) atoms. The lowest BCUT2D eigenvalue weighted by Crippen LogP contribution is -2.62. The third kappa shape index (κ3) is 11.6. The van der Waals surface area contributed by atoms with E-state index >= 15 is 0 Å². The van der Waals surface area contributed by atoms with Gasteiger partial charge in [0, 0.05) is 20.3 Å². The second-order valence-electron chi connectivity index (χ2n) is 9.88. The normalized spacial score (nSPS) is 19.0. The lowest BCUT2D eigenvalue weighted by Gasteiger charge is -2.39. The fourth-order valence-corrected chi connectivity index (χ4v) is 5.25. The minimum Gasteiger partial charge on any atom is -0.307 e. The number of hydrogen-bond acceptors (Lipinski definition) is 2. The maximum atomic E-state index is 11.5. The first-order valence-corrected chi connectivity index (χ1v) is 13.9. The first kappa shape index (κ1) is 28.9. The summed E-state index contributed by atoms with van der Waals surface area (Å²) in [7, 11) is 0. The van der Waals surface area contributed by atoms with Gasteiger partial charge in [-0.15, -0.1) is 6.58 Å². The van der Waals surface area contributed by atoms with Gasteiger partial charge >= 0.3 is 0 Å². The fourth-order valence-electron chi connectivity index (χ4n) is 5.25.